The third-order valence-electron chi connectivity index (χ3n) is 4.57. The molecule has 1 aromatic carbocycles. The standard InChI is InChI=1S/C18H18BrN5O/c1-23-11-13(10-20-23)17-3-2-8-24(17)18(25)16-9-15(21-22-16)12-4-6-14(19)7-5-12/h4-7,9-11,17H,2-3,8H2,1H3,(H,21,22). The van der Waals surface area contributed by atoms with Gasteiger partial charge in [-0.25, -0.2) is 0 Å². The third-order valence-corrected chi connectivity index (χ3v) is 5.10. The Bertz CT molecular complexity index is 898. The number of aromatic nitrogens is 4. The van der Waals surface area contributed by atoms with Gasteiger partial charge in [-0.15, -0.1) is 0 Å². The maximum absolute atomic E-state index is 13.0. The molecule has 1 N–H and O–H groups in total. The van der Waals surface area contributed by atoms with Crippen LogP contribution in [0.4, 0.5) is 0 Å². The summed E-state index contributed by atoms with van der Waals surface area (Å²) in [6.07, 6.45) is 5.79. The monoisotopic (exact) mass is 399 g/mol. The Labute approximate surface area is 154 Å². The van der Waals surface area contributed by atoms with Crippen molar-refractivity contribution in [3.63, 3.8) is 0 Å². The summed E-state index contributed by atoms with van der Waals surface area (Å²) in [5.41, 5.74) is 3.35. The van der Waals surface area contributed by atoms with Crippen molar-refractivity contribution in [2.45, 2.75) is 18.9 Å². The molecule has 0 spiro atoms. The maximum Gasteiger partial charge on any atom is 0.272 e. The predicted molar refractivity (Wildman–Crippen MR) is 97.9 cm³/mol. The van der Waals surface area contributed by atoms with Crippen molar-refractivity contribution in [3.8, 4) is 11.3 Å². The summed E-state index contributed by atoms with van der Waals surface area (Å²) >= 11 is 3.43. The molecule has 1 unspecified atom stereocenters. The van der Waals surface area contributed by atoms with Crippen molar-refractivity contribution in [1.29, 1.82) is 0 Å². The van der Waals surface area contributed by atoms with Gasteiger partial charge in [-0.05, 0) is 31.0 Å². The number of rotatable bonds is 3. The van der Waals surface area contributed by atoms with Crippen molar-refractivity contribution < 1.29 is 4.79 Å². The molecular weight excluding hydrogens is 382 g/mol. The number of hydrogen-bond acceptors (Lipinski definition) is 3. The van der Waals surface area contributed by atoms with Crippen molar-refractivity contribution in [2.24, 2.45) is 7.05 Å². The van der Waals surface area contributed by atoms with Crippen LogP contribution in [0.25, 0.3) is 11.3 Å². The summed E-state index contributed by atoms with van der Waals surface area (Å²) < 4.78 is 2.79. The minimum atomic E-state index is -0.0118. The molecule has 3 aromatic rings. The van der Waals surface area contributed by atoms with E-state index < -0.39 is 0 Å². The number of nitrogens with zero attached hydrogens (tertiary/aromatic N) is 4. The highest BCUT2D eigenvalue weighted by Gasteiger charge is 2.32. The molecule has 0 aliphatic carbocycles. The average Bonchev–Trinajstić information content (AvgIpc) is 3.35. The van der Waals surface area contributed by atoms with E-state index >= 15 is 0 Å². The summed E-state index contributed by atoms with van der Waals surface area (Å²) in [6, 6.07) is 9.78. The second kappa shape index (κ2) is 6.48. The van der Waals surface area contributed by atoms with Crippen LogP contribution in [-0.4, -0.2) is 37.3 Å². The number of carbonyl (C=O) groups excluding carboxylic acids is 1. The number of aryl methyl sites for hydroxylation is 1. The highest BCUT2D eigenvalue weighted by atomic mass is 79.9. The van der Waals surface area contributed by atoms with Gasteiger partial charge in [-0.2, -0.15) is 10.2 Å². The van der Waals surface area contributed by atoms with E-state index in [0.29, 0.717) is 5.69 Å². The number of likely N-dealkylation sites (tertiary alicyclic amines) is 1. The number of benzene rings is 1. The van der Waals surface area contributed by atoms with Gasteiger partial charge in [0.25, 0.3) is 5.91 Å². The average molecular weight is 400 g/mol. The van der Waals surface area contributed by atoms with E-state index in [4.69, 9.17) is 0 Å². The molecule has 0 radical (unpaired) electrons. The zero-order valence-electron chi connectivity index (χ0n) is 13.8. The fourth-order valence-corrected chi connectivity index (χ4v) is 3.59. The molecule has 0 bridgehead atoms. The Morgan fingerprint density at radius 1 is 1.32 bits per heavy atom. The van der Waals surface area contributed by atoms with Crippen LogP contribution in [0.3, 0.4) is 0 Å². The van der Waals surface area contributed by atoms with Gasteiger partial charge >= 0.3 is 0 Å². The number of halogens is 1. The molecule has 128 valence electrons. The van der Waals surface area contributed by atoms with Gasteiger partial charge in [0.2, 0.25) is 0 Å². The predicted octanol–water partition coefficient (Wildman–Crippen LogP) is 3.55. The Morgan fingerprint density at radius 3 is 2.84 bits per heavy atom. The molecular formula is C18H18BrN5O. The van der Waals surface area contributed by atoms with Gasteiger partial charge in [-0.3, -0.25) is 14.6 Å². The van der Waals surface area contributed by atoms with Crippen LogP contribution >= 0.6 is 15.9 Å². The Morgan fingerprint density at radius 2 is 2.12 bits per heavy atom. The third kappa shape index (κ3) is 3.11. The molecule has 1 aliphatic rings. The van der Waals surface area contributed by atoms with Gasteiger partial charge in [0.15, 0.2) is 0 Å². The highest BCUT2D eigenvalue weighted by Crippen LogP contribution is 2.33. The smallest absolute Gasteiger partial charge is 0.272 e. The van der Waals surface area contributed by atoms with Crippen LogP contribution in [0.2, 0.25) is 0 Å². The van der Waals surface area contributed by atoms with Crippen LogP contribution < -0.4 is 0 Å². The molecule has 1 fully saturated rings. The molecule has 2 aromatic heterocycles. The number of hydrogen-bond donors (Lipinski definition) is 1. The largest absolute Gasteiger partial charge is 0.330 e. The number of amides is 1. The van der Waals surface area contributed by atoms with E-state index in [1.54, 1.807) is 4.68 Å². The Kier molecular flexibility index (Phi) is 4.17. The van der Waals surface area contributed by atoms with E-state index in [2.05, 4.69) is 31.2 Å². The molecule has 6 nitrogen and oxygen atoms in total. The Balaban J connectivity index is 1.57. The topological polar surface area (TPSA) is 66.8 Å². The molecule has 1 saturated heterocycles. The van der Waals surface area contributed by atoms with Crippen molar-refractivity contribution in [1.82, 2.24) is 24.9 Å². The first-order valence-electron chi connectivity index (χ1n) is 8.22. The summed E-state index contributed by atoms with van der Waals surface area (Å²) in [4.78, 5) is 14.9. The number of nitrogens with one attached hydrogen (secondary N) is 1. The van der Waals surface area contributed by atoms with Crippen molar-refractivity contribution in [2.75, 3.05) is 6.54 Å². The first kappa shape index (κ1) is 16.1. The summed E-state index contributed by atoms with van der Waals surface area (Å²) in [7, 11) is 1.89. The van der Waals surface area contributed by atoms with E-state index in [1.807, 2.05) is 54.7 Å². The van der Waals surface area contributed by atoms with Crippen LogP contribution in [0, 0.1) is 0 Å². The normalized spacial score (nSPS) is 17.2. The maximum atomic E-state index is 13.0. The van der Waals surface area contributed by atoms with E-state index in [9.17, 15) is 4.79 Å². The van der Waals surface area contributed by atoms with Gasteiger partial charge in [-0.1, -0.05) is 28.1 Å². The zero-order chi connectivity index (χ0) is 17.4. The second-order valence-corrected chi connectivity index (χ2v) is 7.19. The lowest BCUT2D eigenvalue weighted by Crippen LogP contribution is -2.30. The second-order valence-electron chi connectivity index (χ2n) is 6.28. The molecule has 0 saturated carbocycles. The van der Waals surface area contributed by atoms with Crippen LogP contribution in [0.15, 0.2) is 47.2 Å². The van der Waals surface area contributed by atoms with Gasteiger partial charge < -0.3 is 4.90 Å². The minimum absolute atomic E-state index is 0.0118. The number of aromatic amines is 1. The summed E-state index contributed by atoms with van der Waals surface area (Å²) in [5.74, 6) is -0.0118. The number of H-pyrrole nitrogens is 1. The lowest BCUT2D eigenvalue weighted by molar-refractivity contribution is 0.0729. The molecule has 1 amide bonds. The SMILES string of the molecule is Cn1cc(C2CCCN2C(=O)c2cc(-c3ccc(Br)cc3)n[nH]2)cn1. The van der Waals surface area contributed by atoms with Crippen molar-refractivity contribution in [3.05, 3.63) is 58.5 Å². The molecule has 1 aliphatic heterocycles. The Hall–Kier alpha value is -2.41. The van der Waals surface area contributed by atoms with Crippen molar-refractivity contribution >= 4 is 21.8 Å². The lowest BCUT2D eigenvalue weighted by atomic mass is 10.1. The lowest BCUT2D eigenvalue weighted by Gasteiger charge is -2.23. The fourth-order valence-electron chi connectivity index (χ4n) is 3.32. The minimum Gasteiger partial charge on any atom is -0.330 e. The summed E-state index contributed by atoms with van der Waals surface area (Å²) in [6.45, 7) is 0.755. The molecule has 7 heteroatoms. The van der Waals surface area contributed by atoms with E-state index in [1.165, 1.54) is 0 Å². The quantitative estimate of drug-likeness (QED) is 0.731. The van der Waals surface area contributed by atoms with Crippen LogP contribution in [0.5, 0.6) is 0 Å². The highest BCUT2D eigenvalue weighted by molar-refractivity contribution is 9.10. The first-order valence-corrected chi connectivity index (χ1v) is 9.02. The summed E-state index contributed by atoms with van der Waals surface area (Å²) in [5, 5.41) is 11.4. The van der Waals surface area contributed by atoms with Gasteiger partial charge in [0, 0.05) is 35.4 Å². The van der Waals surface area contributed by atoms with E-state index in [0.717, 1.165) is 40.7 Å². The molecule has 25 heavy (non-hydrogen) atoms. The zero-order valence-corrected chi connectivity index (χ0v) is 15.4. The molecule has 3 heterocycles. The molecule has 4 rings (SSSR count). The van der Waals surface area contributed by atoms with Crippen LogP contribution in [-0.2, 0) is 7.05 Å². The molecule has 1 atom stereocenters. The van der Waals surface area contributed by atoms with Crippen LogP contribution in [0.1, 0.15) is 34.9 Å². The van der Waals surface area contributed by atoms with E-state index in [-0.39, 0.29) is 11.9 Å². The van der Waals surface area contributed by atoms with Gasteiger partial charge in [0.1, 0.15) is 5.69 Å². The number of carbonyl (C=O) groups is 1. The van der Waals surface area contributed by atoms with Gasteiger partial charge in [0.05, 0.1) is 17.9 Å². The fraction of sp³-hybridized carbons (Fsp3) is 0.278. The first-order chi connectivity index (χ1) is 12.1.